The Hall–Kier alpha value is -1.54. The van der Waals surface area contributed by atoms with Gasteiger partial charge < -0.3 is 19.8 Å². The molecule has 0 aliphatic heterocycles. The summed E-state index contributed by atoms with van der Waals surface area (Å²) in [7, 11) is 1.54. The molecule has 3 atom stereocenters. The first kappa shape index (κ1) is 65.5. The predicted molar refractivity (Wildman–Crippen MR) is 291 cm³/mol. The molecule has 67 heavy (non-hydrogen) atoms. The first-order valence-electron chi connectivity index (χ1n) is 28.5. The van der Waals surface area contributed by atoms with Gasteiger partial charge >= 0.3 is 7.82 Å². The fraction of sp³-hybridized carbons (Fsp3) is 0.845. The maximum Gasteiger partial charge on any atom is 0.472 e. The number of carbonyl (C=O) groups excluding carboxylic acids is 1. The number of carbonyl (C=O) groups is 1. The summed E-state index contributed by atoms with van der Waals surface area (Å²) in [6.07, 6.45) is 65.2. The van der Waals surface area contributed by atoms with Gasteiger partial charge in [0.15, 0.2) is 0 Å². The van der Waals surface area contributed by atoms with E-state index in [-0.39, 0.29) is 19.1 Å². The van der Waals surface area contributed by atoms with E-state index in [1.807, 2.05) is 27.2 Å². The zero-order chi connectivity index (χ0) is 49.2. The Labute approximate surface area is 416 Å². The molecule has 0 heterocycles. The van der Waals surface area contributed by atoms with Crippen LogP contribution in [0.5, 0.6) is 0 Å². The molecule has 0 bridgehead atoms. The van der Waals surface area contributed by atoms with Crippen LogP contribution >= 0.6 is 7.82 Å². The zero-order valence-corrected chi connectivity index (χ0v) is 45.8. The van der Waals surface area contributed by atoms with Crippen molar-refractivity contribution in [3.8, 4) is 0 Å². The molecule has 0 fully saturated rings. The number of aliphatic hydroxyl groups excluding tert-OH is 1. The van der Waals surface area contributed by atoms with Crippen LogP contribution < -0.4 is 5.32 Å². The molecular formula is C58H112N2O6P+. The van der Waals surface area contributed by atoms with Gasteiger partial charge in [-0.3, -0.25) is 13.8 Å². The van der Waals surface area contributed by atoms with Crippen molar-refractivity contribution < 1.29 is 32.9 Å². The molecule has 0 aromatic rings. The topological polar surface area (TPSA) is 105 Å². The molecule has 1 amide bonds. The van der Waals surface area contributed by atoms with Crippen molar-refractivity contribution >= 4 is 13.7 Å². The van der Waals surface area contributed by atoms with Gasteiger partial charge in [-0.2, -0.15) is 0 Å². The number of hydrogen-bond donors (Lipinski definition) is 3. The molecule has 0 saturated carbocycles. The van der Waals surface area contributed by atoms with Crippen LogP contribution in [0.3, 0.4) is 0 Å². The maximum atomic E-state index is 12.9. The summed E-state index contributed by atoms with van der Waals surface area (Å²) in [4.78, 5) is 23.2. The Kier molecular flexibility index (Phi) is 48.3. The average Bonchev–Trinajstić information content (AvgIpc) is 3.29. The number of phosphoric acid groups is 1. The van der Waals surface area contributed by atoms with Crippen molar-refractivity contribution in [2.45, 2.75) is 276 Å². The highest BCUT2D eigenvalue weighted by atomic mass is 31.2. The number of nitrogens with zero attached hydrogens (tertiary/aromatic N) is 1. The van der Waals surface area contributed by atoms with E-state index in [2.05, 4.69) is 55.6 Å². The molecule has 0 aliphatic rings. The lowest BCUT2D eigenvalue weighted by Gasteiger charge is -2.25. The number of aliphatic hydroxyl groups is 1. The minimum atomic E-state index is -4.36. The lowest BCUT2D eigenvalue weighted by Crippen LogP contribution is -2.45. The molecule has 9 heteroatoms. The molecule has 0 rings (SSSR count). The molecule has 0 radical (unpaired) electrons. The fourth-order valence-electron chi connectivity index (χ4n) is 8.25. The lowest BCUT2D eigenvalue weighted by molar-refractivity contribution is -0.870. The molecule has 0 saturated heterocycles. The van der Waals surface area contributed by atoms with Gasteiger partial charge in [0.1, 0.15) is 13.2 Å². The van der Waals surface area contributed by atoms with Gasteiger partial charge in [0.2, 0.25) is 5.91 Å². The van der Waals surface area contributed by atoms with Gasteiger partial charge in [0.05, 0.1) is 39.9 Å². The molecular weight excluding hydrogens is 852 g/mol. The Morgan fingerprint density at radius 1 is 0.493 bits per heavy atom. The normalized spacial score (nSPS) is 14.3. The van der Waals surface area contributed by atoms with Gasteiger partial charge in [-0.25, -0.2) is 4.57 Å². The van der Waals surface area contributed by atoms with Crippen molar-refractivity contribution in [2.75, 3.05) is 40.9 Å². The number of rotatable bonds is 52. The first-order valence-corrected chi connectivity index (χ1v) is 30.0. The summed E-state index contributed by atoms with van der Waals surface area (Å²) in [5.41, 5.74) is 0. The molecule has 0 spiro atoms. The van der Waals surface area contributed by atoms with Crippen molar-refractivity contribution in [3.05, 3.63) is 48.6 Å². The number of likely N-dealkylation sites (N-methyl/N-ethyl adjacent to an activating group) is 1. The van der Waals surface area contributed by atoms with Crippen LogP contribution in [-0.2, 0) is 18.4 Å². The number of hydrogen-bond acceptors (Lipinski definition) is 5. The summed E-state index contributed by atoms with van der Waals surface area (Å²) in [5, 5.41) is 13.9. The Bertz CT molecular complexity index is 1230. The van der Waals surface area contributed by atoms with E-state index >= 15 is 0 Å². The summed E-state index contributed by atoms with van der Waals surface area (Å²) < 4.78 is 23.6. The van der Waals surface area contributed by atoms with E-state index in [4.69, 9.17) is 9.05 Å². The van der Waals surface area contributed by atoms with E-state index in [0.717, 1.165) is 57.8 Å². The van der Waals surface area contributed by atoms with Crippen molar-refractivity contribution in [1.82, 2.24) is 5.32 Å². The van der Waals surface area contributed by atoms with Crippen molar-refractivity contribution in [2.24, 2.45) is 0 Å². The van der Waals surface area contributed by atoms with Crippen LogP contribution in [0.2, 0.25) is 0 Å². The third kappa shape index (κ3) is 52.1. The van der Waals surface area contributed by atoms with Gasteiger partial charge in [0.25, 0.3) is 0 Å². The van der Waals surface area contributed by atoms with Gasteiger partial charge in [0, 0.05) is 6.42 Å². The quantitative estimate of drug-likeness (QED) is 0.0243. The lowest BCUT2D eigenvalue weighted by atomic mass is 10.0. The van der Waals surface area contributed by atoms with Crippen LogP contribution in [0.1, 0.15) is 264 Å². The highest BCUT2D eigenvalue weighted by Crippen LogP contribution is 2.43. The second-order valence-corrected chi connectivity index (χ2v) is 22.1. The number of amides is 1. The highest BCUT2D eigenvalue weighted by molar-refractivity contribution is 7.47. The predicted octanol–water partition coefficient (Wildman–Crippen LogP) is 17.2. The SMILES string of the molecule is CCCCCCC/C=C\CCCCCCCC(=O)NC(COP(=O)(O)OCC[N+](C)(C)C)C(O)/C=C/CC/C=C/CC/C=C/CCCCCCCCCCCCCCCCCCCCCCC. The second-order valence-electron chi connectivity index (χ2n) is 20.6. The van der Waals surface area contributed by atoms with Crippen LogP contribution in [0.4, 0.5) is 0 Å². The van der Waals surface area contributed by atoms with Crippen LogP contribution in [0.25, 0.3) is 0 Å². The Morgan fingerprint density at radius 3 is 1.19 bits per heavy atom. The molecule has 3 N–H and O–H groups in total. The number of nitrogens with one attached hydrogen (secondary N) is 1. The molecule has 3 unspecified atom stereocenters. The molecule has 0 aromatic heterocycles. The van der Waals surface area contributed by atoms with E-state index in [1.54, 1.807) is 6.08 Å². The average molecular weight is 965 g/mol. The largest absolute Gasteiger partial charge is 0.472 e. The van der Waals surface area contributed by atoms with Gasteiger partial charge in [-0.15, -0.1) is 0 Å². The molecule has 394 valence electrons. The summed E-state index contributed by atoms with van der Waals surface area (Å²) >= 11 is 0. The minimum absolute atomic E-state index is 0.0513. The van der Waals surface area contributed by atoms with Crippen LogP contribution in [0, 0.1) is 0 Å². The highest BCUT2D eigenvalue weighted by Gasteiger charge is 2.27. The Morgan fingerprint density at radius 2 is 0.821 bits per heavy atom. The number of quaternary nitrogens is 1. The number of phosphoric ester groups is 1. The standard InChI is InChI=1S/C58H111N2O6P/c1-6-8-10-12-14-16-18-20-22-23-24-25-26-27-28-29-30-31-32-33-34-35-36-37-38-39-41-43-45-47-49-51-57(61)56(55-66-67(63,64)65-54-53-60(3,4)5)59-58(62)52-50-48-46-44-42-40-21-19-17-15-13-11-9-7-2/h19,21,36-37,41,43,49,51,56-57,61H,6-18,20,22-35,38-40,42,44-48,50,52-55H2,1-5H3,(H-,59,62,63,64)/p+1/b21-19-,37-36+,43-41+,51-49+. The van der Waals surface area contributed by atoms with E-state index in [0.29, 0.717) is 17.4 Å². The number of unbranched alkanes of at least 4 members (excludes halogenated alkanes) is 33. The van der Waals surface area contributed by atoms with Crippen LogP contribution in [0.15, 0.2) is 48.6 Å². The van der Waals surface area contributed by atoms with Crippen LogP contribution in [-0.4, -0.2) is 73.4 Å². The minimum Gasteiger partial charge on any atom is -0.387 e. The van der Waals surface area contributed by atoms with E-state index < -0.39 is 20.0 Å². The summed E-state index contributed by atoms with van der Waals surface area (Å²) in [5.74, 6) is -0.200. The molecule has 0 aromatic carbocycles. The summed E-state index contributed by atoms with van der Waals surface area (Å²) in [6, 6.07) is -0.875. The van der Waals surface area contributed by atoms with E-state index in [9.17, 15) is 19.4 Å². The third-order valence-corrected chi connectivity index (χ3v) is 13.7. The zero-order valence-electron chi connectivity index (χ0n) is 44.9. The maximum absolute atomic E-state index is 12.9. The monoisotopic (exact) mass is 964 g/mol. The first-order chi connectivity index (χ1) is 32.5. The number of allylic oxidation sites excluding steroid dienone is 7. The molecule has 0 aliphatic carbocycles. The Balaban J connectivity index is 4.19. The van der Waals surface area contributed by atoms with Gasteiger partial charge in [-0.05, 0) is 70.6 Å². The third-order valence-electron chi connectivity index (χ3n) is 12.7. The second kappa shape index (κ2) is 49.4. The summed E-state index contributed by atoms with van der Waals surface area (Å²) in [6.45, 7) is 4.79. The fourth-order valence-corrected chi connectivity index (χ4v) is 8.98. The van der Waals surface area contributed by atoms with Gasteiger partial charge in [-0.1, -0.05) is 236 Å². The molecule has 8 nitrogen and oxygen atoms in total. The van der Waals surface area contributed by atoms with Crippen molar-refractivity contribution in [1.29, 1.82) is 0 Å². The smallest absolute Gasteiger partial charge is 0.387 e. The van der Waals surface area contributed by atoms with Crippen molar-refractivity contribution in [3.63, 3.8) is 0 Å². The van der Waals surface area contributed by atoms with E-state index in [1.165, 1.54) is 186 Å².